The van der Waals surface area contributed by atoms with Crippen LogP contribution in [0.2, 0.25) is 0 Å². The predicted octanol–water partition coefficient (Wildman–Crippen LogP) is 1.62. The van der Waals surface area contributed by atoms with Gasteiger partial charge in [-0.1, -0.05) is 0 Å². The molecule has 1 aromatic carbocycles. The van der Waals surface area contributed by atoms with Gasteiger partial charge in [0.15, 0.2) is 4.90 Å². The van der Waals surface area contributed by atoms with Gasteiger partial charge in [-0.05, 0) is 30.7 Å². The number of nitrogens with one attached hydrogen (secondary N) is 2. The first-order valence-corrected chi connectivity index (χ1v) is 6.84. The molecule has 1 heterocycles. The number of hydrogen-bond acceptors (Lipinski definition) is 3. The number of pyridine rings is 1. The summed E-state index contributed by atoms with van der Waals surface area (Å²) in [6.45, 7) is 1.57. The van der Waals surface area contributed by atoms with Crippen LogP contribution >= 0.6 is 0 Å². The number of aromatic amines is 1. The number of hydrogen-bond donors (Lipinski definition) is 2. The maximum absolute atomic E-state index is 12.9. The molecule has 5 nitrogen and oxygen atoms in total. The zero-order valence-corrected chi connectivity index (χ0v) is 10.8. The predicted molar refractivity (Wildman–Crippen MR) is 69.0 cm³/mol. The van der Waals surface area contributed by atoms with Gasteiger partial charge >= 0.3 is 0 Å². The molecular formula is C12H11FN2O3S. The van der Waals surface area contributed by atoms with Crippen LogP contribution in [0.5, 0.6) is 0 Å². The van der Waals surface area contributed by atoms with Gasteiger partial charge in [0.05, 0.1) is 5.69 Å². The van der Waals surface area contributed by atoms with E-state index in [1.807, 2.05) is 0 Å². The van der Waals surface area contributed by atoms with Crippen molar-refractivity contribution in [2.75, 3.05) is 4.72 Å². The third-order valence-corrected chi connectivity index (χ3v) is 3.90. The molecule has 0 aliphatic carbocycles. The molecular weight excluding hydrogens is 271 g/mol. The Morgan fingerprint density at radius 3 is 2.63 bits per heavy atom. The van der Waals surface area contributed by atoms with Gasteiger partial charge in [0.2, 0.25) is 5.43 Å². The minimum absolute atomic E-state index is 0.227. The molecule has 1 aromatic heterocycles. The lowest BCUT2D eigenvalue weighted by molar-refractivity contribution is 0.599. The van der Waals surface area contributed by atoms with Crippen LogP contribution in [-0.2, 0) is 10.0 Å². The molecule has 2 N–H and O–H groups in total. The van der Waals surface area contributed by atoms with Gasteiger partial charge in [-0.25, -0.2) is 12.8 Å². The van der Waals surface area contributed by atoms with Crippen LogP contribution < -0.4 is 10.2 Å². The van der Waals surface area contributed by atoms with Crippen LogP contribution in [-0.4, -0.2) is 13.4 Å². The Labute approximate surface area is 109 Å². The van der Waals surface area contributed by atoms with Crippen molar-refractivity contribution < 1.29 is 12.8 Å². The van der Waals surface area contributed by atoms with E-state index < -0.39 is 26.2 Å². The minimum Gasteiger partial charge on any atom is -0.366 e. The molecule has 0 spiro atoms. The summed E-state index contributed by atoms with van der Waals surface area (Å²) in [6, 6.07) is 4.76. The molecule has 0 aliphatic rings. The fraction of sp³-hybridized carbons (Fsp3) is 0.0833. The third-order valence-electron chi connectivity index (χ3n) is 2.51. The molecule has 19 heavy (non-hydrogen) atoms. The van der Waals surface area contributed by atoms with Crippen LogP contribution in [0.25, 0.3) is 0 Å². The minimum atomic E-state index is -4.00. The molecule has 0 radical (unpaired) electrons. The Hall–Kier alpha value is -2.15. The monoisotopic (exact) mass is 282 g/mol. The number of aromatic nitrogens is 1. The third kappa shape index (κ3) is 2.82. The summed E-state index contributed by atoms with van der Waals surface area (Å²) in [5.41, 5.74) is 0.0339. The second-order valence-electron chi connectivity index (χ2n) is 3.94. The molecule has 0 saturated carbocycles. The van der Waals surface area contributed by atoms with Crippen LogP contribution in [0.15, 0.2) is 46.3 Å². The average molecular weight is 282 g/mol. The maximum Gasteiger partial charge on any atom is 0.267 e. The largest absolute Gasteiger partial charge is 0.366 e. The van der Waals surface area contributed by atoms with Crippen LogP contribution in [0.3, 0.4) is 0 Å². The molecule has 0 unspecified atom stereocenters. The highest BCUT2D eigenvalue weighted by Gasteiger charge is 2.18. The number of rotatable bonds is 3. The van der Waals surface area contributed by atoms with Crippen LogP contribution in [0, 0.1) is 12.7 Å². The van der Waals surface area contributed by atoms with Gasteiger partial charge in [0.1, 0.15) is 5.82 Å². The standard InChI is InChI=1S/C12H11FN2O3S/c1-8-6-9(13)2-3-10(8)15-19(17,18)12-7-14-5-4-11(12)16/h2-7,15H,1H3,(H,14,16). The van der Waals surface area contributed by atoms with Crippen molar-refractivity contribution >= 4 is 15.7 Å². The second-order valence-corrected chi connectivity index (χ2v) is 5.59. The molecule has 7 heteroatoms. The van der Waals surface area contributed by atoms with Crippen molar-refractivity contribution in [1.82, 2.24) is 4.98 Å². The van der Waals surface area contributed by atoms with Crippen molar-refractivity contribution in [2.45, 2.75) is 11.8 Å². The van der Waals surface area contributed by atoms with E-state index in [2.05, 4.69) is 9.71 Å². The topological polar surface area (TPSA) is 79.0 Å². The van der Waals surface area contributed by atoms with Crippen molar-refractivity contribution in [3.63, 3.8) is 0 Å². The van der Waals surface area contributed by atoms with Gasteiger partial charge in [0, 0.05) is 18.5 Å². The molecule has 0 aliphatic heterocycles. The summed E-state index contributed by atoms with van der Waals surface area (Å²) in [5, 5.41) is 0. The van der Waals surface area contributed by atoms with Crippen molar-refractivity contribution in [1.29, 1.82) is 0 Å². The summed E-state index contributed by atoms with van der Waals surface area (Å²) in [6.07, 6.45) is 2.44. The first-order chi connectivity index (χ1) is 8.90. The van der Waals surface area contributed by atoms with Gasteiger partial charge in [-0.15, -0.1) is 0 Å². The zero-order chi connectivity index (χ0) is 14.0. The molecule has 100 valence electrons. The highest BCUT2D eigenvalue weighted by Crippen LogP contribution is 2.18. The number of halogens is 1. The summed E-state index contributed by atoms with van der Waals surface area (Å²) >= 11 is 0. The smallest absolute Gasteiger partial charge is 0.267 e. The Bertz CT molecular complexity index is 769. The summed E-state index contributed by atoms with van der Waals surface area (Å²) in [4.78, 5) is 13.6. The Morgan fingerprint density at radius 1 is 1.26 bits per heavy atom. The Morgan fingerprint density at radius 2 is 2.00 bits per heavy atom. The molecule has 0 fully saturated rings. The van der Waals surface area contributed by atoms with E-state index in [9.17, 15) is 17.6 Å². The lowest BCUT2D eigenvalue weighted by atomic mass is 10.2. The summed E-state index contributed by atoms with van der Waals surface area (Å²) < 4.78 is 39.3. The Balaban J connectivity index is 2.43. The second kappa shape index (κ2) is 4.85. The first kappa shape index (κ1) is 13.3. The number of H-pyrrole nitrogens is 1. The van der Waals surface area contributed by atoms with Gasteiger partial charge in [-0.3, -0.25) is 9.52 Å². The van der Waals surface area contributed by atoms with E-state index in [1.165, 1.54) is 18.3 Å². The molecule has 0 amide bonds. The van der Waals surface area contributed by atoms with Gasteiger partial charge in [-0.2, -0.15) is 0 Å². The summed E-state index contributed by atoms with van der Waals surface area (Å²) in [7, 11) is -4.00. The summed E-state index contributed by atoms with van der Waals surface area (Å²) in [5.74, 6) is -0.460. The number of sulfonamides is 1. The molecule has 2 aromatic rings. The van der Waals surface area contributed by atoms with Crippen LogP contribution in [0.4, 0.5) is 10.1 Å². The fourth-order valence-corrected chi connectivity index (χ4v) is 2.74. The van der Waals surface area contributed by atoms with E-state index in [1.54, 1.807) is 6.92 Å². The molecule has 0 atom stereocenters. The van der Waals surface area contributed by atoms with E-state index in [0.29, 0.717) is 5.56 Å². The highest BCUT2D eigenvalue weighted by molar-refractivity contribution is 7.92. The van der Waals surface area contributed by atoms with E-state index in [0.717, 1.165) is 18.3 Å². The van der Waals surface area contributed by atoms with E-state index in [-0.39, 0.29) is 5.69 Å². The van der Waals surface area contributed by atoms with Crippen molar-refractivity contribution in [3.05, 3.63) is 58.3 Å². The highest BCUT2D eigenvalue weighted by atomic mass is 32.2. The number of benzene rings is 1. The van der Waals surface area contributed by atoms with Crippen LogP contribution in [0.1, 0.15) is 5.56 Å². The van der Waals surface area contributed by atoms with Crippen molar-refractivity contribution in [2.24, 2.45) is 0 Å². The SMILES string of the molecule is Cc1cc(F)ccc1NS(=O)(=O)c1c[nH]ccc1=O. The van der Waals surface area contributed by atoms with Gasteiger partial charge in [0.25, 0.3) is 10.0 Å². The lowest BCUT2D eigenvalue weighted by Crippen LogP contribution is -2.21. The molecule has 0 bridgehead atoms. The van der Waals surface area contributed by atoms with E-state index >= 15 is 0 Å². The maximum atomic E-state index is 12.9. The quantitative estimate of drug-likeness (QED) is 0.898. The van der Waals surface area contributed by atoms with E-state index in [4.69, 9.17) is 0 Å². The Kier molecular flexibility index (Phi) is 3.39. The lowest BCUT2D eigenvalue weighted by Gasteiger charge is -2.09. The molecule has 0 saturated heterocycles. The van der Waals surface area contributed by atoms with Gasteiger partial charge < -0.3 is 4.98 Å². The zero-order valence-electron chi connectivity index (χ0n) is 9.98. The number of aryl methyl sites for hydroxylation is 1. The fourth-order valence-electron chi connectivity index (χ4n) is 1.55. The van der Waals surface area contributed by atoms with Crippen molar-refractivity contribution in [3.8, 4) is 0 Å². The number of anilines is 1. The normalized spacial score (nSPS) is 11.3. The molecule has 2 rings (SSSR count). The average Bonchev–Trinajstić information content (AvgIpc) is 2.33. The first-order valence-electron chi connectivity index (χ1n) is 5.36.